The second-order valence-corrected chi connectivity index (χ2v) is 2.23. The lowest BCUT2D eigenvalue weighted by molar-refractivity contribution is 0.0787. The fourth-order valence-electron chi connectivity index (χ4n) is 0.483. The quantitative estimate of drug-likeness (QED) is 0.464. The van der Waals surface area contributed by atoms with Crippen LogP contribution in [0.15, 0.2) is 5.29 Å². The van der Waals surface area contributed by atoms with E-state index in [1.807, 2.05) is 0 Å². The molecule has 0 fully saturated rings. The highest BCUT2D eigenvalue weighted by molar-refractivity contribution is 5.67. The van der Waals surface area contributed by atoms with Crippen LogP contribution in [0.1, 0.15) is 20.8 Å². The maximum absolute atomic E-state index is 10.8. The van der Waals surface area contributed by atoms with Gasteiger partial charge in [0.25, 0.3) is 0 Å². The van der Waals surface area contributed by atoms with Crippen molar-refractivity contribution in [3.8, 4) is 0 Å². The van der Waals surface area contributed by atoms with Crippen LogP contribution in [0.5, 0.6) is 0 Å². The summed E-state index contributed by atoms with van der Waals surface area (Å²) in [5, 5.41) is 3.19. The highest BCUT2D eigenvalue weighted by Crippen LogP contribution is 1.97. The van der Waals surface area contributed by atoms with E-state index in [-0.39, 0.29) is 12.6 Å². The van der Waals surface area contributed by atoms with Crippen molar-refractivity contribution in [2.45, 2.75) is 26.9 Å². The van der Waals surface area contributed by atoms with Gasteiger partial charge in [0.15, 0.2) is 0 Å². The summed E-state index contributed by atoms with van der Waals surface area (Å²) in [5.74, 6) is 0. The Morgan fingerprint density at radius 2 is 2.18 bits per heavy atom. The molecule has 0 saturated carbocycles. The van der Waals surface area contributed by atoms with Crippen molar-refractivity contribution in [3.63, 3.8) is 0 Å². The van der Waals surface area contributed by atoms with Crippen LogP contribution in [0.4, 0.5) is 4.79 Å². The predicted octanol–water partition coefficient (Wildman–Crippen LogP) is 1.53. The molecule has 0 atom stereocenters. The van der Waals surface area contributed by atoms with E-state index in [2.05, 4.69) is 10.0 Å². The Morgan fingerprint density at radius 3 is 2.45 bits per heavy atom. The Balaban J connectivity index is 3.89. The van der Waals surface area contributed by atoms with Gasteiger partial charge in [0, 0.05) is 6.54 Å². The fraction of sp³-hybridized carbons (Fsp3) is 0.833. The van der Waals surface area contributed by atoms with Crippen molar-refractivity contribution in [3.05, 3.63) is 4.91 Å². The van der Waals surface area contributed by atoms with Gasteiger partial charge in [-0.05, 0) is 20.8 Å². The zero-order chi connectivity index (χ0) is 8.85. The molecule has 0 heterocycles. The topological polar surface area (TPSA) is 59.0 Å². The SMILES string of the molecule is CCN(N=O)C(=O)OC(C)C. The van der Waals surface area contributed by atoms with Crippen LogP contribution in [-0.2, 0) is 4.74 Å². The average Bonchev–Trinajstić information content (AvgIpc) is 1.88. The molecule has 5 heteroatoms. The monoisotopic (exact) mass is 160 g/mol. The minimum absolute atomic E-state index is 0.224. The first-order valence-corrected chi connectivity index (χ1v) is 3.43. The van der Waals surface area contributed by atoms with Crippen LogP contribution in [0.2, 0.25) is 0 Å². The van der Waals surface area contributed by atoms with Crippen molar-refractivity contribution in [1.29, 1.82) is 0 Å². The van der Waals surface area contributed by atoms with Gasteiger partial charge in [-0.3, -0.25) is 0 Å². The van der Waals surface area contributed by atoms with Crippen molar-refractivity contribution in [1.82, 2.24) is 5.01 Å². The van der Waals surface area contributed by atoms with E-state index in [1.165, 1.54) is 0 Å². The van der Waals surface area contributed by atoms with Crippen LogP contribution in [0.3, 0.4) is 0 Å². The standard InChI is InChI=1S/C6H12N2O3/c1-4-8(7-10)6(9)11-5(2)3/h5H,4H2,1-3H3. The molecule has 64 valence electrons. The zero-order valence-corrected chi connectivity index (χ0v) is 6.90. The zero-order valence-electron chi connectivity index (χ0n) is 6.90. The van der Waals surface area contributed by atoms with E-state index in [1.54, 1.807) is 20.8 Å². The van der Waals surface area contributed by atoms with E-state index in [4.69, 9.17) is 0 Å². The van der Waals surface area contributed by atoms with E-state index < -0.39 is 6.09 Å². The van der Waals surface area contributed by atoms with Gasteiger partial charge >= 0.3 is 6.09 Å². The minimum atomic E-state index is -0.697. The van der Waals surface area contributed by atoms with Crippen molar-refractivity contribution in [2.24, 2.45) is 5.29 Å². The molecule has 0 N–H and O–H groups in total. The average molecular weight is 160 g/mol. The van der Waals surface area contributed by atoms with Gasteiger partial charge in [-0.1, -0.05) is 0 Å². The molecule has 0 aliphatic heterocycles. The molecule has 11 heavy (non-hydrogen) atoms. The maximum Gasteiger partial charge on any atom is 0.433 e. The first-order chi connectivity index (χ1) is 5.11. The third kappa shape index (κ3) is 3.54. The number of amides is 1. The molecule has 0 unspecified atom stereocenters. The Bertz CT molecular complexity index is 147. The highest BCUT2D eigenvalue weighted by atomic mass is 16.6. The van der Waals surface area contributed by atoms with Crippen LogP contribution in [-0.4, -0.2) is 23.8 Å². The summed E-state index contributed by atoms with van der Waals surface area (Å²) in [4.78, 5) is 20.8. The van der Waals surface area contributed by atoms with Crippen molar-refractivity contribution < 1.29 is 9.53 Å². The Labute approximate surface area is 65.3 Å². The molecule has 5 nitrogen and oxygen atoms in total. The highest BCUT2D eigenvalue weighted by Gasteiger charge is 2.13. The van der Waals surface area contributed by atoms with E-state index in [0.717, 1.165) is 5.01 Å². The van der Waals surface area contributed by atoms with E-state index >= 15 is 0 Å². The van der Waals surface area contributed by atoms with Gasteiger partial charge in [0.2, 0.25) is 0 Å². The number of carbonyl (C=O) groups is 1. The van der Waals surface area contributed by atoms with E-state index in [9.17, 15) is 9.70 Å². The number of rotatable bonds is 3. The number of hydrogen-bond donors (Lipinski definition) is 0. The summed E-state index contributed by atoms with van der Waals surface area (Å²) in [6, 6.07) is 0. The number of nitrogens with zero attached hydrogens (tertiary/aromatic N) is 2. The summed E-state index contributed by atoms with van der Waals surface area (Å²) in [5.41, 5.74) is 0. The van der Waals surface area contributed by atoms with Gasteiger partial charge in [-0.2, -0.15) is 5.01 Å². The van der Waals surface area contributed by atoms with Crippen molar-refractivity contribution in [2.75, 3.05) is 6.54 Å². The Kier molecular flexibility index (Phi) is 4.17. The summed E-state index contributed by atoms with van der Waals surface area (Å²) in [6.07, 6.45) is -0.921. The molecular weight excluding hydrogens is 148 g/mol. The first kappa shape index (κ1) is 9.87. The third-order valence-corrected chi connectivity index (χ3v) is 0.945. The minimum Gasteiger partial charge on any atom is -0.445 e. The number of nitroso groups, excluding NO2 is 1. The second-order valence-electron chi connectivity index (χ2n) is 2.23. The molecule has 0 spiro atoms. The molecule has 1 amide bonds. The van der Waals surface area contributed by atoms with Gasteiger partial charge < -0.3 is 4.74 Å². The van der Waals surface area contributed by atoms with Crippen LogP contribution < -0.4 is 0 Å². The molecule has 0 radical (unpaired) electrons. The summed E-state index contributed by atoms with van der Waals surface area (Å²) in [7, 11) is 0. The smallest absolute Gasteiger partial charge is 0.433 e. The van der Waals surface area contributed by atoms with Gasteiger partial charge in [0.05, 0.1) is 11.4 Å². The van der Waals surface area contributed by atoms with Crippen LogP contribution >= 0.6 is 0 Å². The van der Waals surface area contributed by atoms with Crippen molar-refractivity contribution >= 4 is 6.09 Å². The van der Waals surface area contributed by atoms with Gasteiger partial charge in [-0.25, -0.2) is 4.79 Å². The number of carbonyl (C=O) groups excluding carboxylic acids is 1. The molecule has 0 bridgehead atoms. The second kappa shape index (κ2) is 4.65. The molecule has 0 aromatic heterocycles. The number of hydrogen-bond acceptors (Lipinski definition) is 4. The fourth-order valence-corrected chi connectivity index (χ4v) is 0.483. The summed E-state index contributed by atoms with van der Waals surface area (Å²) in [6.45, 7) is 5.28. The molecule has 0 aliphatic rings. The first-order valence-electron chi connectivity index (χ1n) is 3.43. The van der Waals surface area contributed by atoms with Crippen LogP contribution in [0.25, 0.3) is 0 Å². The normalized spacial score (nSPS) is 9.45. The summed E-state index contributed by atoms with van der Waals surface area (Å²) >= 11 is 0. The van der Waals surface area contributed by atoms with E-state index in [0.29, 0.717) is 0 Å². The number of ether oxygens (including phenoxy) is 1. The molecule has 0 rings (SSSR count). The Morgan fingerprint density at radius 1 is 1.64 bits per heavy atom. The van der Waals surface area contributed by atoms with Gasteiger partial charge in [0.1, 0.15) is 0 Å². The lowest BCUT2D eigenvalue weighted by Gasteiger charge is -2.12. The molecule has 0 aliphatic carbocycles. The largest absolute Gasteiger partial charge is 0.445 e. The Hall–Kier alpha value is -1.13. The molecule has 0 aromatic carbocycles. The van der Waals surface area contributed by atoms with Crippen LogP contribution in [0, 0.1) is 4.91 Å². The molecule has 0 aromatic rings. The maximum atomic E-state index is 10.8. The predicted molar refractivity (Wildman–Crippen MR) is 39.8 cm³/mol. The lowest BCUT2D eigenvalue weighted by Crippen LogP contribution is -2.27. The van der Waals surface area contributed by atoms with Gasteiger partial charge in [-0.15, -0.1) is 4.91 Å². The lowest BCUT2D eigenvalue weighted by atomic mass is 10.5. The summed E-state index contributed by atoms with van der Waals surface area (Å²) < 4.78 is 4.69. The molecular formula is C6H12N2O3. The third-order valence-electron chi connectivity index (χ3n) is 0.945. The molecule has 0 saturated heterocycles.